The summed E-state index contributed by atoms with van der Waals surface area (Å²) >= 11 is 2.61. The highest BCUT2D eigenvalue weighted by molar-refractivity contribution is 7.15. The molecule has 0 bridgehead atoms. The monoisotopic (exact) mass is 492 g/mol. The van der Waals surface area contributed by atoms with Gasteiger partial charge in [-0.15, -0.1) is 22.7 Å². The fraction of sp³-hybridized carbons (Fsp3) is 0.120. The summed E-state index contributed by atoms with van der Waals surface area (Å²) in [7, 11) is 0. The third-order valence-corrected chi connectivity index (χ3v) is 6.52. The van der Waals surface area contributed by atoms with Crippen molar-refractivity contribution in [3.05, 3.63) is 93.7 Å². The molecule has 0 fully saturated rings. The number of hydrogen-bond donors (Lipinski definition) is 1. The van der Waals surface area contributed by atoms with E-state index in [-0.39, 0.29) is 17.5 Å². The zero-order chi connectivity index (χ0) is 24.1. The van der Waals surface area contributed by atoms with Crippen LogP contribution in [0.4, 0.5) is 20.3 Å². The lowest BCUT2D eigenvalue weighted by Crippen LogP contribution is -2.23. The number of hydrogen-bond acceptors (Lipinski definition) is 6. The zero-order valence-corrected chi connectivity index (χ0v) is 20.1. The number of amides is 2. The Morgan fingerprint density at radius 1 is 1.18 bits per heavy atom. The summed E-state index contributed by atoms with van der Waals surface area (Å²) in [6.07, 6.45) is 5.40. The molecule has 0 aliphatic carbocycles. The normalized spacial score (nSPS) is 11.0. The predicted molar refractivity (Wildman–Crippen MR) is 135 cm³/mol. The van der Waals surface area contributed by atoms with E-state index < -0.39 is 5.82 Å². The standard InChI is InChI=1S/C25H21FN4O2S2/c1-16-6-5-7-18(12-16)13-20-14-27-24(34-20)29-23(32)11-10-19-15-33-25(28-19)30(17(2)31)22-9-4-3-8-21(22)26/h3-12,14-15H,13H2,1-2H3,(H,27,29,32)/b11-10+. The van der Waals surface area contributed by atoms with Crippen molar-refractivity contribution in [2.45, 2.75) is 20.3 Å². The number of carbonyl (C=O) groups is 2. The smallest absolute Gasteiger partial charge is 0.250 e. The first-order valence-electron chi connectivity index (χ1n) is 10.4. The number of nitrogens with one attached hydrogen (secondary N) is 1. The number of para-hydroxylation sites is 1. The molecule has 4 aromatic rings. The predicted octanol–water partition coefficient (Wildman–Crippen LogP) is 5.97. The van der Waals surface area contributed by atoms with Crippen LogP contribution in [0.2, 0.25) is 0 Å². The van der Waals surface area contributed by atoms with E-state index >= 15 is 0 Å². The van der Waals surface area contributed by atoms with Crippen molar-refractivity contribution < 1.29 is 14.0 Å². The summed E-state index contributed by atoms with van der Waals surface area (Å²) in [5.74, 6) is -1.23. The van der Waals surface area contributed by atoms with Crippen LogP contribution >= 0.6 is 22.7 Å². The van der Waals surface area contributed by atoms with Gasteiger partial charge in [-0.3, -0.25) is 19.8 Å². The van der Waals surface area contributed by atoms with Crippen molar-refractivity contribution in [1.82, 2.24) is 9.97 Å². The second kappa shape index (κ2) is 10.5. The summed E-state index contributed by atoms with van der Waals surface area (Å²) in [5, 5.41) is 5.28. The minimum absolute atomic E-state index is 0.128. The molecule has 6 nitrogen and oxygen atoms in total. The largest absolute Gasteiger partial charge is 0.298 e. The molecule has 0 spiro atoms. The molecule has 9 heteroatoms. The second-order valence-electron chi connectivity index (χ2n) is 7.48. The van der Waals surface area contributed by atoms with Crippen molar-refractivity contribution in [2.24, 2.45) is 0 Å². The summed E-state index contributed by atoms with van der Waals surface area (Å²) in [5.41, 5.74) is 3.00. The minimum atomic E-state index is -0.519. The van der Waals surface area contributed by atoms with Gasteiger partial charge in [0.1, 0.15) is 5.82 Å². The van der Waals surface area contributed by atoms with Crippen LogP contribution in [0.15, 0.2) is 66.2 Å². The minimum Gasteiger partial charge on any atom is -0.298 e. The van der Waals surface area contributed by atoms with Crippen LogP contribution in [0.1, 0.15) is 28.6 Å². The lowest BCUT2D eigenvalue weighted by molar-refractivity contribution is -0.116. The van der Waals surface area contributed by atoms with E-state index in [1.54, 1.807) is 23.7 Å². The number of aromatic nitrogens is 2. The Hall–Kier alpha value is -3.69. The summed E-state index contributed by atoms with van der Waals surface area (Å²) in [6.45, 7) is 3.40. The average molecular weight is 493 g/mol. The number of thiazole rings is 2. The number of rotatable bonds is 7. The zero-order valence-electron chi connectivity index (χ0n) is 18.5. The molecule has 2 heterocycles. The molecule has 0 atom stereocenters. The quantitative estimate of drug-likeness (QED) is 0.322. The number of aryl methyl sites for hydroxylation is 1. The molecule has 0 saturated carbocycles. The summed E-state index contributed by atoms with van der Waals surface area (Å²) in [6, 6.07) is 14.3. The molecule has 34 heavy (non-hydrogen) atoms. The van der Waals surface area contributed by atoms with Crippen LogP contribution in [0.5, 0.6) is 0 Å². The maximum Gasteiger partial charge on any atom is 0.250 e. The van der Waals surface area contributed by atoms with Crippen molar-refractivity contribution >= 4 is 56.5 Å². The molecule has 0 aliphatic heterocycles. The lowest BCUT2D eigenvalue weighted by Gasteiger charge is -2.18. The molecule has 0 unspecified atom stereocenters. The molecule has 2 amide bonds. The van der Waals surface area contributed by atoms with Gasteiger partial charge < -0.3 is 0 Å². The highest BCUT2D eigenvalue weighted by Gasteiger charge is 2.20. The Bertz CT molecular complexity index is 1360. The third kappa shape index (κ3) is 5.81. The highest BCUT2D eigenvalue weighted by Crippen LogP contribution is 2.31. The lowest BCUT2D eigenvalue weighted by atomic mass is 10.1. The highest BCUT2D eigenvalue weighted by atomic mass is 32.1. The van der Waals surface area contributed by atoms with Crippen LogP contribution in [0.3, 0.4) is 0 Å². The number of benzene rings is 2. The Morgan fingerprint density at radius 2 is 2.00 bits per heavy atom. The Kier molecular flexibility index (Phi) is 7.24. The van der Waals surface area contributed by atoms with Gasteiger partial charge in [-0.2, -0.15) is 0 Å². The molecule has 2 aromatic heterocycles. The van der Waals surface area contributed by atoms with E-state index in [0.717, 1.165) is 11.3 Å². The van der Waals surface area contributed by atoms with Gasteiger partial charge in [0, 0.05) is 35.9 Å². The first kappa shape index (κ1) is 23.5. The summed E-state index contributed by atoms with van der Waals surface area (Å²) < 4.78 is 14.2. The maximum atomic E-state index is 14.2. The van der Waals surface area contributed by atoms with E-state index in [1.807, 2.05) is 6.07 Å². The maximum absolute atomic E-state index is 14.2. The van der Waals surface area contributed by atoms with Crippen LogP contribution < -0.4 is 10.2 Å². The van der Waals surface area contributed by atoms with Gasteiger partial charge in [-0.1, -0.05) is 42.0 Å². The van der Waals surface area contributed by atoms with Crippen LogP contribution in [0.25, 0.3) is 6.08 Å². The van der Waals surface area contributed by atoms with E-state index in [0.29, 0.717) is 16.0 Å². The van der Waals surface area contributed by atoms with Gasteiger partial charge in [0.25, 0.3) is 0 Å². The first-order valence-corrected chi connectivity index (χ1v) is 12.1. The Morgan fingerprint density at radius 3 is 2.76 bits per heavy atom. The van der Waals surface area contributed by atoms with Crippen molar-refractivity contribution in [1.29, 1.82) is 0 Å². The van der Waals surface area contributed by atoms with Crippen LogP contribution in [-0.2, 0) is 16.0 Å². The second-order valence-corrected chi connectivity index (χ2v) is 9.43. The third-order valence-electron chi connectivity index (χ3n) is 4.76. The molecular formula is C25H21FN4O2S2. The van der Waals surface area contributed by atoms with Crippen molar-refractivity contribution in [3.8, 4) is 0 Å². The van der Waals surface area contributed by atoms with Crippen LogP contribution in [-0.4, -0.2) is 21.8 Å². The molecule has 1 N–H and O–H groups in total. The molecular weight excluding hydrogens is 471 g/mol. The van der Waals surface area contributed by atoms with Gasteiger partial charge in [0.2, 0.25) is 11.8 Å². The Balaban J connectivity index is 1.40. The topological polar surface area (TPSA) is 75.2 Å². The Labute approximate surface area is 204 Å². The average Bonchev–Trinajstić information content (AvgIpc) is 3.43. The number of nitrogens with zero attached hydrogens (tertiary/aromatic N) is 3. The number of halogens is 1. The molecule has 4 rings (SSSR count). The number of anilines is 3. The van der Waals surface area contributed by atoms with E-state index in [1.165, 1.54) is 69.9 Å². The molecule has 2 aromatic carbocycles. The van der Waals surface area contributed by atoms with Gasteiger partial charge in [-0.05, 0) is 30.7 Å². The van der Waals surface area contributed by atoms with E-state index in [9.17, 15) is 14.0 Å². The van der Waals surface area contributed by atoms with Gasteiger partial charge >= 0.3 is 0 Å². The molecule has 0 saturated heterocycles. The van der Waals surface area contributed by atoms with Crippen molar-refractivity contribution in [3.63, 3.8) is 0 Å². The fourth-order valence-corrected chi connectivity index (χ4v) is 4.97. The summed E-state index contributed by atoms with van der Waals surface area (Å²) in [4.78, 5) is 35.4. The molecule has 0 radical (unpaired) electrons. The number of carbonyl (C=O) groups excluding carboxylic acids is 2. The van der Waals surface area contributed by atoms with Gasteiger partial charge in [0.05, 0.1) is 11.4 Å². The molecule has 172 valence electrons. The first-order chi connectivity index (χ1) is 16.4. The van der Waals surface area contributed by atoms with Gasteiger partial charge in [0.15, 0.2) is 10.3 Å². The van der Waals surface area contributed by atoms with E-state index in [2.05, 4.69) is 40.4 Å². The SMILES string of the molecule is CC(=O)N(c1nc(/C=C/C(=O)Nc2ncc(Cc3cccc(C)c3)s2)cs1)c1ccccc1F. The van der Waals surface area contributed by atoms with Crippen LogP contribution in [0, 0.1) is 12.7 Å². The van der Waals surface area contributed by atoms with Crippen molar-refractivity contribution in [2.75, 3.05) is 10.2 Å². The molecule has 0 aliphatic rings. The van der Waals surface area contributed by atoms with E-state index in [4.69, 9.17) is 0 Å². The fourth-order valence-electron chi connectivity index (χ4n) is 3.27. The van der Waals surface area contributed by atoms with Gasteiger partial charge in [-0.25, -0.2) is 14.4 Å².